The van der Waals surface area contributed by atoms with Crippen LogP contribution in [0.5, 0.6) is 0 Å². The number of rotatable bonds is 12. The van der Waals surface area contributed by atoms with Gasteiger partial charge in [-0.15, -0.1) is 0 Å². The summed E-state index contributed by atoms with van der Waals surface area (Å²) in [6.07, 6.45) is 5.89. The summed E-state index contributed by atoms with van der Waals surface area (Å²) in [5.41, 5.74) is 0.177. The SMILES string of the molecule is CCCCCn1nc(C(=O)NCCCOCCCC)c2ccccc2c1=O. The second-order valence-electron chi connectivity index (χ2n) is 6.70. The van der Waals surface area contributed by atoms with E-state index in [-0.39, 0.29) is 11.5 Å². The van der Waals surface area contributed by atoms with Crippen molar-refractivity contribution in [3.63, 3.8) is 0 Å². The quantitative estimate of drug-likeness (QED) is 0.578. The van der Waals surface area contributed by atoms with E-state index in [0.29, 0.717) is 36.2 Å². The summed E-state index contributed by atoms with van der Waals surface area (Å²) in [6.45, 7) is 6.69. The summed E-state index contributed by atoms with van der Waals surface area (Å²) in [5.74, 6) is -0.246. The zero-order valence-corrected chi connectivity index (χ0v) is 16.5. The second-order valence-corrected chi connectivity index (χ2v) is 6.70. The third-order valence-electron chi connectivity index (χ3n) is 4.45. The van der Waals surface area contributed by atoms with Crippen molar-refractivity contribution in [3.05, 3.63) is 40.3 Å². The highest BCUT2D eigenvalue weighted by atomic mass is 16.5. The molecule has 6 nitrogen and oxygen atoms in total. The van der Waals surface area contributed by atoms with Crippen LogP contribution >= 0.6 is 0 Å². The average molecular weight is 373 g/mol. The number of nitrogens with zero attached hydrogens (tertiary/aromatic N) is 2. The number of benzene rings is 1. The van der Waals surface area contributed by atoms with Crippen LogP contribution in [0, 0.1) is 0 Å². The summed E-state index contributed by atoms with van der Waals surface area (Å²) in [4.78, 5) is 25.3. The van der Waals surface area contributed by atoms with Crippen LogP contribution in [-0.2, 0) is 11.3 Å². The molecule has 6 heteroatoms. The molecule has 1 heterocycles. The van der Waals surface area contributed by atoms with Crippen molar-refractivity contribution in [3.8, 4) is 0 Å². The molecule has 0 saturated carbocycles. The first-order valence-electron chi connectivity index (χ1n) is 10.0. The molecule has 0 spiro atoms. The maximum absolute atomic E-state index is 12.7. The third kappa shape index (κ3) is 6.17. The fourth-order valence-electron chi connectivity index (χ4n) is 2.87. The van der Waals surface area contributed by atoms with Crippen LogP contribution in [0.25, 0.3) is 10.8 Å². The first-order valence-corrected chi connectivity index (χ1v) is 10.0. The molecule has 1 aromatic heterocycles. The van der Waals surface area contributed by atoms with Crippen molar-refractivity contribution < 1.29 is 9.53 Å². The smallest absolute Gasteiger partial charge is 0.274 e. The molecular formula is C21H31N3O3. The third-order valence-corrected chi connectivity index (χ3v) is 4.45. The number of carbonyl (C=O) groups excluding carboxylic acids is 1. The van der Waals surface area contributed by atoms with Crippen molar-refractivity contribution in [2.75, 3.05) is 19.8 Å². The van der Waals surface area contributed by atoms with Crippen LogP contribution in [0.15, 0.2) is 29.1 Å². The van der Waals surface area contributed by atoms with E-state index in [1.54, 1.807) is 12.1 Å². The van der Waals surface area contributed by atoms with Crippen LogP contribution in [0.1, 0.15) is 62.9 Å². The Kier molecular flexibility index (Phi) is 8.98. The Hall–Kier alpha value is -2.21. The van der Waals surface area contributed by atoms with E-state index in [9.17, 15) is 9.59 Å². The molecule has 0 unspecified atom stereocenters. The molecule has 1 N–H and O–H groups in total. The summed E-state index contributed by atoms with van der Waals surface area (Å²) in [6, 6.07) is 7.18. The van der Waals surface area contributed by atoms with Crippen molar-refractivity contribution in [2.45, 2.75) is 58.9 Å². The number of amides is 1. The van der Waals surface area contributed by atoms with Crippen molar-refractivity contribution >= 4 is 16.7 Å². The number of fused-ring (bicyclic) bond motifs is 1. The van der Waals surface area contributed by atoms with Gasteiger partial charge in [-0.05, 0) is 25.3 Å². The Bertz CT molecular complexity index is 786. The maximum Gasteiger partial charge on any atom is 0.274 e. The largest absolute Gasteiger partial charge is 0.381 e. The standard InChI is InChI=1S/C21H31N3O3/c1-3-5-9-14-24-21(26)18-12-8-7-11-17(18)19(23-24)20(25)22-13-10-16-27-15-6-4-2/h7-8,11-12H,3-6,9-10,13-16H2,1-2H3,(H,22,25). The molecule has 2 rings (SSSR count). The predicted molar refractivity (Wildman–Crippen MR) is 108 cm³/mol. The fourth-order valence-corrected chi connectivity index (χ4v) is 2.87. The molecule has 0 bridgehead atoms. The van der Waals surface area contributed by atoms with E-state index in [1.807, 2.05) is 12.1 Å². The number of hydrogen-bond donors (Lipinski definition) is 1. The Balaban J connectivity index is 2.07. The van der Waals surface area contributed by atoms with Crippen molar-refractivity contribution in [1.82, 2.24) is 15.1 Å². The molecule has 0 radical (unpaired) electrons. The monoisotopic (exact) mass is 373 g/mol. The number of carbonyl (C=O) groups is 1. The minimum atomic E-state index is -0.246. The second kappa shape index (κ2) is 11.5. The molecule has 0 aliphatic carbocycles. The van der Waals surface area contributed by atoms with Gasteiger partial charge in [0, 0.05) is 31.7 Å². The van der Waals surface area contributed by atoms with E-state index >= 15 is 0 Å². The average Bonchev–Trinajstić information content (AvgIpc) is 2.69. The normalized spacial score (nSPS) is 11.0. The van der Waals surface area contributed by atoms with E-state index < -0.39 is 0 Å². The number of nitrogens with one attached hydrogen (secondary N) is 1. The van der Waals surface area contributed by atoms with Gasteiger partial charge < -0.3 is 10.1 Å². The van der Waals surface area contributed by atoms with E-state index in [0.717, 1.165) is 45.1 Å². The van der Waals surface area contributed by atoms with Crippen LogP contribution in [-0.4, -0.2) is 35.4 Å². The van der Waals surface area contributed by atoms with Crippen LogP contribution in [0.3, 0.4) is 0 Å². The molecule has 1 aromatic carbocycles. The molecule has 0 aliphatic heterocycles. The molecule has 148 valence electrons. The predicted octanol–water partition coefficient (Wildman–Crippen LogP) is 3.52. The van der Waals surface area contributed by atoms with Gasteiger partial charge in [-0.25, -0.2) is 4.68 Å². The fraction of sp³-hybridized carbons (Fsp3) is 0.571. The van der Waals surface area contributed by atoms with Gasteiger partial charge in [0.1, 0.15) is 0 Å². The minimum Gasteiger partial charge on any atom is -0.381 e. The molecule has 0 saturated heterocycles. The Morgan fingerprint density at radius 3 is 2.48 bits per heavy atom. The molecule has 0 atom stereocenters. The Morgan fingerprint density at radius 2 is 1.74 bits per heavy atom. The zero-order chi connectivity index (χ0) is 19.5. The van der Waals surface area contributed by atoms with E-state index in [4.69, 9.17) is 4.74 Å². The minimum absolute atomic E-state index is 0.137. The molecule has 0 fully saturated rings. The first-order chi connectivity index (χ1) is 13.2. The van der Waals surface area contributed by atoms with Gasteiger partial charge in [-0.1, -0.05) is 51.3 Å². The molecular weight excluding hydrogens is 342 g/mol. The van der Waals surface area contributed by atoms with Gasteiger partial charge in [0.2, 0.25) is 0 Å². The zero-order valence-electron chi connectivity index (χ0n) is 16.5. The van der Waals surface area contributed by atoms with E-state index in [1.165, 1.54) is 4.68 Å². The number of hydrogen-bond acceptors (Lipinski definition) is 4. The Labute approximate surface area is 160 Å². The lowest BCUT2D eigenvalue weighted by molar-refractivity contribution is 0.0935. The molecule has 0 aliphatic rings. The highest BCUT2D eigenvalue weighted by molar-refractivity contribution is 6.04. The lowest BCUT2D eigenvalue weighted by Crippen LogP contribution is -2.31. The summed E-state index contributed by atoms with van der Waals surface area (Å²) in [5, 5.41) is 8.41. The summed E-state index contributed by atoms with van der Waals surface area (Å²) >= 11 is 0. The van der Waals surface area contributed by atoms with Crippen molar-refractivity contribution in [1.29, 1.82) is 0 Å². The van der Waals surface area contributed by atoms with Gasteiger partial charge in [-0.3, -0.25) is 9.59 Å². The van der Waals surface area contributed by atoms with Crippen molar-refractivity contribution in [2.24, 2.45) is 0 Å². The number of aromatic nitrogens is 2. The first kappa shape index (κ1) is 21.1. The Morgan fingerprint density at radius 1 is 1.04 bits per heavy atom. The van der Waals surface area contributed by atoms with Crippen LogP contribution in [0.2, 0.25) is 0 Å². The highest BCUT2D eigenvalue weighted by Gasteiger charge is 2.16. The number of ether oxygens (including phenoxy) is 1. The maximum atomic E-state index is 12.7. The topological polar surface area (TPSA) is 73.2 Å². The van der Waals surface area contributed by atoms with Crippen LogP contribution < -0.4 is 10.9 Å². The number of aryl methyl sites for hydroxylation is 1. The summed E-state index contributed by atoms with van der Waals surface area (Å²) < 4.78 is 6.94. The molecule has 27 heavy (non-hydrogen) atoms. The molecule has 2 aromatic rings. The highest BCUT2D eigenvalue weighted by Crippen LogP contribution is 2.13. The lowest BCUT2D eigenvalue weighted by Gasteiger charge is -2.11. The summed E-state index contributed by atoms with van der Waals surface area (Å²) in [7, 11) is 0. The van der Waals surface area contributed by atoms with Gasteiger partial charge in [0.25, 0.3) is 11.5 Å². The van der Waals surface area contributed by atoms with Crippen LogP contribution in [0.4, 0.5) is 0 Å². The number of unbranched alkanes of at least 4 members (excludes halogenated alkanes) is 3. The van der Waals surface area contributed by atoms with Gasteiger partial charge in [-0.2, -0.15) is 5.10 Å². The van der Waals surface area contributed by atoms with E-state index in [2.05, 4.69) is 24.3 Å². The lowest BCUT2D eigenvalue weighted by atomic mass is 10.1. The van der Waals surface area contributed by atoms with Gasteiger partial charge >= 0.3 is 0 Å². The van der Waals surface area contributed by atoms with Gasteiger partial charge in [0.05, 0.1) is 5.39 Å². The van der Waals surface area contributed by atoms with Gasteiger partial charge in [0.15, 0.2) is 5.69 Å². The molecule has 1 amide bonds.